The highest BCUT2D eigenvalue weighted by atomic mass is 19.3. The van der Waals surface area contributed by atoms with Gasteiger partial charge in [0.15, 0.2) is 0 Å². The van der Waals surface area contributed by atoms with Crippen LogP contribution in [-0.4, -0.2) is 0 Å². The zero-order chi connectivity index (χ0) is 8.10. The summed E-state index contributed by atoms with van der Waals surface area (Å²) < 4.78 is 11.4. The Kier molecular flexibility index (Phi) is 3.05. The molecule has 0 radical (unpaired) electrons. The van der Waals surface area contributed by atoms with Crippen LogP contribution in [0.1, 0.15) is 18.1 Å². The van der Waals surface area contributed by atoms with Crippen LogP contribution in [0.25, 0.3) is 0 Å². The van der Waals surface area contributed by atoms with Crippen molar-refractivity contribution in [3.63, 3.8) is 0 Å². The first kappa shape index (κ1) is 8.21. The summed E-state index contributed by atoms with van der Waals surface area (Å²) in [6, 6.07) is 7.71. The lowest BCUT2D eigenvalue weighted by molar-refractivity contribution is -0.144. The van der Waals surface area contributed by atoms with Crippen LogP contribution < -0.4 is 0 Å². The topological polar surface area (TPSA) is 9.23 Å². The summed E-state index contributed by atoms with van der Waals surface area (Å²) in [4.78, 5) is 3.50. The summed E-state index contributed by atoms with van der Waals surface area (Å²) in [5.74, 6) is 0. The van der Waals surface area contributed by atoms with Crippen LogP contribution in [0.4, 0.5) is 4.53 Å². The molecule has 0 saturated heterocycles. The zero-order valence-corrected chi connectivity index (χ0v) is 6.51. The highest BCUT2D eigenvalue weighted by molar-refractivity contribution is 5.21. The summed E-state index contributed by atoms with van der Waals surface area (Å²) in [6.07, 6.45) is 1.01. The molecule has 0 atom stereocenters. The molecule has 0 fully saturated rings. The molecule has 0 aliphatic heterocycles. The van der Waals surface area contributed by atoms with Gasteiger partial charge in [-0.3, -0.25) is 0 Å². The number of aryl methyl sites for hydroxylation is 1. The van der Waals surface area contributed by atoms with Gasteiger partial charge in [-0.25, -0.2) is 0 Å². The Morgan fingerprint density at radius 2 is 1.73 bits per heavy atom. The number of hydrogen-bond donors (Lipinski definition) is 0. The van der Waals surface area contributed by atoms with Gasteiger partial charge >= 0.3 is 0 Å². The standard InChI is InChI=1S/C9H11FO/c1-2-8-3-5-9(6-4-8)7-11-10/h3-6H,2,7H2,1H3. The van der Waals surface area contributed by atoms with E-state index >= 15 is 0 Å². The Bertz CT molecular complexity index is 205. The van der Waals surface area contributed by atoms with Crippen molar-refractivity contribution in [2.45, 2.75) is 20.0 Å². The van der Waals surface area contributed by atoms with E-state index in [0.717, 1.165) is 12.0 Å². The van der Waals surface area contributed by atoms with Gasteiger partial charge < -0.3 is 0 Å². The molecule has 0 unspecified atom stereocenters. The Labute approximate surface area is 65.7 Å². The van der Waals surface area contributed by atoms with Gasteiger partial charge in [0.25, 0.3) is 0 Å². The van der Waals surface area contributed by atoms with Crippen LogP contribution in [0.5, 0.6) is 0 Å². The Balaban J connectivity index is 2.66. The van der Waals surface area contributed by atoms with Crippen LogP contribution in [0.2, 0.25) is 0 Å². The maximum absolute atomic E-state index is 11.4. The van der Waals surface area contributed by atoms with Gasteiger partial charge in [-0.2, -0.15) is 4.94 Å². The lowest BCUT2D eigenvalue weighted by Gasteiger charge is -1.98. The van der Waals surface area contributed by atoms with Gasteiger partial charge in [-0.15, -0.1) is 0 Å². The van der Waals surface area contributed by atoms with Crippen LogP contribution in [0.15, 0.2) is 24.3 Å². The highest BCUT2D eigenvalue weighted by Gasteiger charge is 1.92. The first-order chi connectivity index (χ1) is 5.36. The predicted molar refractivity (Wildman–Crippen MR) is 41.7 cm³/mol. The van der Waals surface area contributed by atoms with Crippen LogP contribution >= 0.6 is 0 Å². The largest absolute Gasteiger partial charge is 0.189 e. The summed E-state index contributed by atoms with van der Waals surface area (Å²) in [7, 11) is 0. The van der Waals surface area contributed by atoms with Crippen molar-refractivity contribution in [1.29, 1.82) is 0 Å². The van der Waals surface area contributed by atoms with Crippen molar-refractivity contribution in [3.05, 3.63) is 35.4 Å². The van der Waals surface area contributed by atoms with Crippen molar-refractivity contribution in [2.75, 3.05) is 0 Å². The van der Waals surface area contributed by atoms with Gasteiger partial charge in [-0.1, -0.05) is 31.2 Å². The van der Waals surface area contributed by atoms with E-state index in [2.05, 4.69) is 11.9 Å². The summed E-state index contributed by atoms with van der Waals surface area (Å²) in [6.45, 7) is 2.13. The fourth-order valence-electron chi connectivity index (χ4n) is 0.934. The van der Waals surface area contributed by atoms with Crippen LogP contribution in [-0.2, 0) is 18.0 Å². The van der Waals surface area contributed by atoms with E-state index in [4.69, 9.17) is 0 Å². The third kappa shape index (κ3) is 2.31. The molecule has 0 spiro atoms. The smallest absolute Gasteiger partial charge is 0.113 e. The molecule has 0 heterocycles. The molecule has 1 aromatic carbocycles. The van der Waals surface area contributed by atoms with Crippen molar-refractivity contribution in [3.8, 4) is 0 Å². The molecule has 0 amide bonds. The van der Waals surface area contributed by atoms with Crippen LogP contribution in [0.3, 0.4) is 0 Å². The fourth-order valence-corrected chi connectivity index (χ4v) is 0.934. The average molecular weight is 154 g/mol. The summed E-state index contributed by atoms with van der Waals surface area (Å²) in [5, 5.41) is 0. The molecule has 0 saturated carbocycles. The predicted octanol–water partition coefficient (Wildman–Crippen LogP) is 2.65. The molecule has 1 aromatic rings. The number of halogens is 1. The van der Waals surface area contributed by atoms with E-state index in [9.17, 15) is 4.53 Å². The Morgan fingerprint density at radius 3 is 2.18 bits per heavy atom. The number of rotatable bonds is 3. The van der Waals surface area contributed by atoms with E-state index in [0.29, 0.717) is 0 Å². The van der Waals surface area contributed by atoms with Crippen molar-refractivity contribution in [1.82, 2.24) is 0 Å². The van der Waals surface area contributed by atoms with Gasteiger partial charge in [0.1, 0.15) is 6.61 Å². The van der Waals surface area contributed by atoms with Gasteiger partial charge in [0.2, 0.25) is 0 Å². The highest BCUT2D eigenvalue weighted by Crippen LogP contribution is 2.05. The first-order valence-electron chi connectivity index (χ1n) is 3.68. The molecule has 2 heteroatoms. The van der Waals surface area contributed by atoms with E-state index < -0.39 is 0 Å². The molecule has 0 aliphatic rings. The molecule has 0 aliphatic carbocycles. The minimum Gasteiger partial charge on any atom is -0.189 e. The third-order valence-electron chi connectivity index (χ3n) is 1.65. The molecule has 1 nitrogen and oxygen atoms in total. The molecule has 1 rings (SSSR count). The third-order valence-corrected chi connectivity index (χ3v) is 1.65. The lowest BCUT2D eigenvalue weighted by atomic mass is 10.1. The lowest BCUT2D eigenvalue weighted by Crippen LogP contribution is -1.85. The fraction of sp³-hybridized carbons (Fsp3) is 0.333. The van der Waals surface area contributed by atoms with E-state index in [1.165, 1.54) is 5.56 Å². The van der Waals surface area contributed by atoms with Crippen molar-refractivity contribution < 1.29 is 9.47 Å². The monoisotopic (exact) mass is 154 g/mol. The molecule has 60 valence electrons. The van der Waals surface area contributed by atoms with E-state index in [-0.39, 0.29) is 6.61 Å². The minimum absolute atomic E-state index is 0.0456. The van der Waals surface area contributed by atoms with Crippen LogP contribution in [0, 0.1) is 0 Å². The molecule has 0 N–H and O–H groups in total. The minimum atomic E-state index is 0.0456. The normalized spacial score (nSPS) is 10.0. The summed E-state index contributed by atoms with van der Waals surface area (Å²) in [5.41, 5.74) is 2.12. The van der Waals surface area contributed by atoms with Crippen molar-refractivity contribution in [2.24, 2.45) is 0 Å². The molecule has 0 aromatic heterocycles. The Morgan fingerprint density at radius 1 is 1.18 bits per heavy atom. The SMILES string of the molecule is CCc1ccc(COF)cc1. The zero-order valence-electron chi connectivity index (χ0n) is 6.51. The Hall–Kier alpha value is -0.890. The second-order valence-corrected chi connectivity index (χ2v) is 2.42. The average Bonchev–Trinajstić information content (AvgIpc) is 2.07. The molecule has 11 heavy (non-hydrogen) atoms. The van der Waals surface area contributed by atoms with Gasteiger partial charge in [0, 0.05) is 0 Å². The quantitative estimate of drug-likeness (QED) is 0.650. The maximum atomic E-state index is 11.4. The summed E-state index contributed by atoms with van der Waals surface area (Å²) >= 11 is 0. The van der Waals surface area contributed by atoms with Gasteiger partial charge in [0.05, 0.1) is 0 Å². The van der Waals surface area contributed by atoms with Gasteiger partial charge in [-0.05, 0) is 22.1 Å². The number of benzene rings is 1. The molecule has 0 bridgehead atoms. The molecular weight excluding hydrogens is 143 g/mol. The number of hydrogen-bond acceptors (Lipinski definition) is 1. The van der Waals surface area contributed by atoms with Crippen molar-refractivity contribution >= 4 is 0 Å². The van der Waals surface area contributed by atoms with E-state index in [1.54, 1.807) is 0 Å². The van der Waals surface area contributed by atoms with E-state index in [1.807, 2.05) is 24.3 Å². The second-order valence-electron chi connectivity index (χ2n) is 2.42. The first-order valence-corrected chi connectivity index (χ1v) is 3.68. The maximum Gasteiger partial charge on any atom is 0.113 e. The molecular formula is C9H11FO. The second kappa shape index (κ2) is 4.09.